The lowest BCUT2D eigenvalue weighted by Crippen LogP contribution is -2.53. The molecule has 0 aromatic carbocycles. The number of aliphatic hydroxyl groups is 1. The van der Waals surface area contributed by atoms with Crippen LogP contribution < -0.4 is 10.2 Å². The summed E-state index contributed by atoms with van der Waals surface area (Å²) in [5.74, 6) is 0.420. The molecule has 118 valence electrons. The molecule has 1 aromatic rings. The van der Waals surface area contributed by atoms with Crippen molar-refractivity contribution < 1.29 is 19.5 Å². The van der Waals surface area contributed by atoms with Crippen LogP contribution >= 0.6 is 0 Å². The summed E-state index contributed by atoms with van der Waals surface area (Å²) in [6, 6.07) is 3.29. The Kier molecular flexibility index (Phi) is 5.08. The fourth-order valence-corrected chi connectivity index (χ4v) is 1.44. The molecule has 0 aliphatic heterocycles. The van der Waals surface area contributed by atoms with Crippen molar-refractivity contribution in [3.63, 3.8) is 0 Å². The fraction of sp³-hybridized carbons (Fsp3) is 0.667. The molecular formula is C15H26BNO4. The highest BCUT2D eigenvalue weighted by atomic mass is 16.5. The van der Waals surface area contributed by atoms with E-state index in [1.165, 1.54) is 0 Å². The van der Waals surface area contributed by atoms with Gasteiger partial charge >= 0.3 is 7.12 Å². The monoisotopic (exact) mass is 295 g/mol. The lowest BCUT2D eigenvalue weighted by atomic mass is 9.77. The molecule has 2 N–H and O–H groups in total. The molecule has 0 amide bonds. The third kappa shape index (κ3) is 5.30. The Morgan fingerprint density at radius 3 is 2.14 bits per heavy atom. The molecule has 0 saturated heterocycles. The predicted molar refractivity (Wildman–Crippen MR) is 83.7 cm³/mol. The van der Waals surface area contributed by atoms with Gasteiger partial charge < -0.3 is 19.5 Å². The number of pyridine rings is 1. The maximum atomic E-state index is 10.2. The smallest absolute Gasteiger partial charge is 0.472 e. The van der Waals surface area contributed by atoms with Crippen molar-refractivity contribution in [1.29, 1.82) is 0 Å². The number of nitrogens with zero attached hydrogens (tertiary/aromatic N) is 1. The van der Waals surface area contributed by atoms with Crippen molar-refractivity contribution in [3.8, 4) is 5.88 Å². The van der Waals surface area contributed by atoms with Crippen LogP contribution in [-0.4, -0.2) is 39.0 Å². The number of aromatic nitrogens is 1. The van der Waals surface area contributed by atoms with Gasteiger partial charge in [-0.05, 0) is 60.0 Å². The summed E-state index contributed by atoms with van der Waals surface area (Å²) in [6.07, 6.45) is 1.56. The van der Waals surface area contributed by atoms with Gasteiger partial charge in [0.05, 0.1) is 11.2 Å². The third-order valence-corrected chi connectivity index (χ3v) is 3.33. The zero-order valence-electron chi connectivity index (χ0n) is 14.0. The second-order valence-electron chi connectivity index (χ2n) is 7.18. The highest BCUT2D eigenvalue weighted by Crippen LogP contribution is 2.25. The molecule has 0 fully saturated rings. The summed E-state index contributed by atoms with van der Waals surface area (Å²) < 4.78 is 11.3. The van der Waals surface area contributed by atoms with Crippen LogP contribution in [0.4, 0.5) is 0 Å². The summed E-state index contributed by atoms with van der Waals surface area (Å²) in [5.41, 5.74) is -1.85. The molecule has 21 heavy (non-hydrogen) atoms. The molecule has 0 bridgehead atoms. The molecule has 0 aliphatic carbocycles. The van der Waals surface area contributed by atoms with Crippen molar-refractivity contribution >= 4 is 12.6 Å². The SMILES string of the molecule is CC(C)(C)Oc1cc(B(O)OC(C)(C)C(C)(C)O)ccn1. The lowest BCUT2D eigenvalue weighted by Gasteiger charge is -2.38. The Labute approximate surface area is 127 Å². The Morgan fingerprint density at radius 1 is 1.10 bits per heavy atom. The Hall–Kier alpha value is -1.11. The van der Waals surface area contributed by atoms with Gasteiger partial charge in [0.1, 0.15) is 5.60 Å². The van der Waals surface area contributed by atoms with E-state index in [-0.39, 0.29) is 5.60 Å². The first-order valence-corrected chi connectivity index (χ1v) is 7.05. The number of hydrogen-bond acceptors (Lipinski definition) is 5. The Bertz CT molecular complexity index is 477. The van der Waals surface area contributed by atoms with E-state index >= 15 is 0 Å². The Morgan fingerprint density at radius 2 is 1.67 bits per heavy atom. The molecule has 1 rings (SSSR count). The third-order valence-electron chi connectivity index (χ3n) is 3.33. The first kappa shape index (κ1) is 17.9. The summed E-state index contributed by atoms with van der Waals surface area (Å²) in [5, 5.41) is 20.3. The van der Waals surface area contributed by atoms with Crippen LogP contribution in [0.25, 0.3) is 0 Å². The molecule has 6 heteroatoms. The van der Waals surface area contributed by atoms with Gasteiger partial charge in [0.15, 0.2) is 0 Å². The molecule has 0 aliphatic rings. The van der Waals surface area contributed by atoms with Gasteiger partial charge in [-0.2, -0.15) is 0 Å². The van der Waals surface area contributed by atoms with E-state index in [4.69, 9.17) is 9.39 Å². The first-order valence-electron chi connectivity index (χ1n) is 7.05. The van der Waals surface area contributed by atoms with Crippen LogP contribution in [0.5, 0.6) is 5.88 Å². The molecule has 5 nitrogen and oxygen atoms in total. The number of rotatable bonds is 5. The second-order valence-corrected chi connectivity index (χ2v) is 7.18. The molecule has 0 unspecified atom stereocenters. The van der Waals surface area contributed by atoms with Gasteiger partial charge in [-0.3, -0.25) is 0 Å². The second kappa shape index (κ2) is 5.95. The zero-order valence-corrected chi connectivity index (χ0v) is 14.0. The van der Waals surface area contributed by atoms with Crippen LogP contribution in [0.15, 0.2) is 18.3 Å². The van der Waals surface area contributed by atoms with Crippen LogP contribution in [-0.2, 0) is 4.65 Å². The van der Waals surface area contributed by atoms with Gasteiger partial charge in [0.25, 0.3) is 0 Å². The summed E-state index contributed by atoms with van der Waals surface area (Å²) >= 11 is 0. The van der Waals surface area contributed by atoms with Crippen LogP contribution in [0, 0.1) is 0 Å². The molecule has 1 heterocycles. The molecule has 0 atom stereocenters. The molecule has 0 spiro atoms. The zero-order chi connectivity index (χ0) is 16.5. The van der Waals surface area contributed by atoms with E-state index in [0.29, 0.717) is 11.3 Å². The van der Waals surface area contributed by atoms with Gasteiger partial charge in [-0.1, -0.05) is 0 Å². The summed E-state index contributed by atoms with van der Waals surface area (Å²) in [4.78, 5) is 4.11. The highest BCUT2D eigenvalue weighted by molar-refractivity contribution is 6.60. The molecule has 1 aromatic heterocycles. The van der Waals surface area contributed by atoms with E-state index in [9.17, 15) is 10.1 Å². The quantitative estimate of drug-likeness (QED) is 0.806. The van der Waals surface area contributed by atoms with Crippen LogP contribution in [0.1, 0.15) is 48.5 Å². The minimum atomic E-state index is -1.17. The van der Waals surface area contributed by atoms with Crippen molar-refractivity contribution in [1.82, 2.24) is 4.98 Å². The van der Waals surface area contributed by atoms with Crippen LogP contribution in [0.3, 0.4) is 0 Å². The maximum absolute atomic E-state index is 10.2. The standard InChI is InChI=1S/C15H26BNO4/c1-13(2,3)20-12-10-11(8-9-17-12)16(19)21-15(6,7)14(4,5)18/h8-10,18-19H,1-7H3. The number of hydrogen-bond donors (Lipinski definition) is 2. The first-order chi connectivity index (χ1) is 9.32. The van der Waals surface area contributed by atoms with Crippen molar-refractivity contribution in [2.24, 2.45) is 0 Å². The van der Waals surface area contributed by atoms with E-state index in [0.717, 1.165) is 0 Å². The van der Waals surface area contributed by atoms with Gasteiger partial charge in [0.2, 0.25) is 5.88 Å². The van der Waals surface area contributed by atoms with Gasteiger partial charge in [-0.25, -0.2) is 4.98 Å². The summed E-state index contributed by atoms with van der Waals surface area (Å²) in [7, 11) is -1.17. The normalized spacial score (nSPS) is 13.2. The highest BCUT2D eigenvalue weighted by Gasteiger charge is 2.39. The van der Waals surface area contributed by atoms with Crippen LogP contribution in [0.2, 0.25) is 0 Å². The minimum absolute atomic E-state index is 0.371. The largest absolute Gasteiger partial charge is 0.491 e. The van der Waals surface area contributed by atoms with Crippen molar-refractivity contribution in [2.45, 2.75) is 65.3 Å². The molecule has 0 saturated carbocycles. The minimum Gasteiger partial charge on any atom is -0.472 e. The fourth-order valence-electron chi connectivity index (χ4n) is 1.44. The van der Waals surface area contributed by atoms with Crippen molar-refractivity contribution in [3.05, 3.63) is 18.3 Å². The average Bonchev–Trinajstić information content (AvgIpc) is 2.24. The van der Waals surface area contributed by atoms with E-state index < -0.39 is 18.3 Å². The van der Waals surface area contributed by atoms with E-state index in [1.54, 1.807) is 46.0 Å². The average molecular weight is 295 g/mol. The predicted octanol–water partition coefficient (Wildman–Crippen LogP) is 1.51. The van der Waals surface area contributed by atoms with Crippen molar-refractivity contribution in [2.75, 3.05) is 0 Å². The topological polar surface area (TPSA) is 71.8 Å². The van der Waals surface area contributed by atoms with E-state index in [2.05, 4.69) is 4.98 Å². The molecule has 0 radical (unpaired) electrons. The number of ether oxygens (including phenoxy) is 1. The Balaban J connectivity index is 2.89. The maximum Gasteiger partial charge on any atom is 0.491 e. The van der Waals surface area contributed by atoms with Gasteiger partial charge in [-0.15, -0.1) is 0 Å². The lowest BCUT2D eigenvalue weighted by molar-refractivity contribution is -0.0982. The summed E-state index contributed by atoms with van der Waals surface area (Å²) in [6.45, 7) is 12.5. The van der Waals surface area contributed by atoms with Gasteiger partial charge in [0, 0.05) is 12.3 Å². The molecular weight excluding hydrogens is 269 g/mol. The van der Waals surface area contributed by atoms with E-state index in [1.807, 2.05) is 20.8 Å².